The summed E-state index contributed by atoms with van der Waals surface area (Å²) in [6.07, 6.45) is 18.5. The first-order valence-corrected chi connectivity index (χ1v) is 7.33. The fraction of sp³-hybridized carbons (Fsp3) is 0.867. The van der Waals surface area contributed by atoms with Gasteiger partial charge >= 0.3 is 0 Å². The maximum atomic E-state index is 3.64. The average molecular weight is 223 g/mol. The fourth-order valence-electron chi connectivity index (χ4n) is 2.35. The van der Waals surface area contributed by atoms with E-state index in [9.17, 15) is 0 Å². The molecule has 1 N–H and O–H groups in total. The minimum absolute atomic E-state index is 0.675. The Hall–Kier alpha value is -0.300. The highest BCUT2D eigenvalue weighted by Crippen LogP contribution is 2.10. The molecule has 0 amide bonds. The van der Waals surface area contributed by atoms with Crippen LogP contribution in [-0.4, -0.2) is 12.6 Å². The molecule has 0 aromatic rings. The van der Waals surface area contributed by atoms with Crippen LogP contribution in [0.4, 0.5) is 0 Å². The van der Waals surface area contributed by atoms with Crippen LogP contribution in [0, 0.1) is 0 Å². The van der Waals surface area contributed by atoms with Crippen molar-refractivity contribution in [1.82, 2.24) is 5.32 Å². The summed E-state index contributed by atoms with van der Waals surface area (Å²) in [5.41, 5.74) is 0. The molecule has 0 saturated carbocycles. The summed E-state index contributed by atoms with van der Waals surface area (Å²) in [4.78, 5) is 0. The van der Waals surface area contributed by atoms with Crippen molar-refractivity contribution in [1.29, 1.82) is 0 Å². The van der Waals surface area contributed by atoms with Crippen molar-refractivity contribution in [2.45, 2.75) is 77.2 Å². The van der Waals surface area contributed by atoms with E-state index in [4.69, 9.17) is 0 Å². The zero-order valence-electron chi connectivity index (χ0n) is 11.0. The number of hydrogen-bond donors (Lipinski definition) is 1. The Balaban J connectivity index is 1.80. The van der Waals surface area contributed by atoms with Gasteiger partial charge in [-0.3, -0.25) is 0 Å². The number of hydrogen-bond acceptors (Lipinski definition) is 1. The van der Waals surface area contributed by atoms with Gasteiger partial charge in [0.2, 0.25) is 0 Å². The molecule has 1 nitrogen and oxygen atoms in total. The first-order valence-electron chi connectivity index (χ1n) is 7.33. The number of unbranched alkanes of at least 4 members (excludes halogenated alkanes) is 6. The Kier molecular flexibility index (Phi) is 8.51. The molecule has 0 bridgehead atoms. The summed E-state index contributed by atoms with van der Waals surface area (Å²) in [5, 5.41) is 3.64. The van der Waals surface area contributed by atoms with Crippen LogP contribution in [0.1, 0.15) is 71.1 Å². The molecule has 1 heteroatoms. The second-order valence-corrected chi connectivity index (χ2v) is 5.04. The van der Waals surface area contributed by atoms with Gasteiger partial charge in [0.25, 0.3) is 0 Å². The predicted molar refractivity (Wildman–Crippen MR) is 72.8 cm³/mol. The van der Waals surface area contributed by atoms with Gasteiger partial charge in [-0.1, -0.05) is 57.6 Å². The van der Waals surface area contributed by atoms with Crippen LogP contribution >= 0.6 is 0 Å². The first-order chi connectivity index (χ1) is 7.93. The lowest BCUT2D eigenvalue weighted by atomic mass is 10.0. The number of rotatable bonds is 9. The summed E-state index contributed by atoms with van der Waals surface area (Å²) in [6.45, 7) is 3.49. The lowest BCUT2D eigenvalue weighted by Crippen LogP contribution is -2.29. The van der Waals surface area contributed by atoms with E-state index in [1.807, 2.05) is 0 Å². The molecule has 0 fully saturated rings. The molecule has 0 aromatic carbocycles. The van der Waals surface area contributed by atoms with Gasteiger partial charge in [0.05, 0.1) is 0 Å². The zero-order valence-corrected chi connectivity index (χ0v) is 11.0. The molecule has 0 aromatic heterocycles. The van der Waals surface area contributed by atoms with E-state index in [-0.39, 0.29) is 0 Å². The molecule has 0 radical (unpaired) electrons. The van der Waals surface area contributed by atoms with E-state index in [1.165, 1.54) is 70.8 Å². The molecule has 1 atom stereocenters. The largest absolute Gasteiger partial charge is 0.311 e. The van der Waals surface area contributed by atoms with Gasteiger partial charge in [0.1, 0.15) is 0 Å². The van der Waals surface area contributed by atoms with Gasteiger partial charge in [-0.05, 0) is 32.2 Å². The third kappa shape index (κ3) is 7.05. The van der Waals surface area contributed by atoms with E-state index < -0.39 is 0 Å². The number of nitrogens with one attached hydrogen (secondary N) is 1. The van der Waals surface area contributed by atoms with Crippen LogP contribution in [0.5, 0.6) is 0 Å². The van der Waals surface area contributed by atoms with Crippen LogP contribution in [0.25, 0.3) is 0 Å². The van der Waals surface area contributed by atoms with E-state index in [1.54, 1.807) is 0 Å². The maximum Gasteiger partial charge on any atom is 0.0250 e. The topological polar surface area (TPSA) is 12.0 Å². The molecule has 0 unspecified atom stereocenters. The fourth-order valence-corrected chi connectivity index (χ4v) is 2.35. The van der Waals surface area contributed by atoms with Crippen molar-refractivity contribution in [3.8, 4) is 0 Å². The molecule has 16 heavy (non-hydrogen) atoms. The monoisotopic (exact) mass is 223 g/mol. The molecule has 0 saturated heterocycles. The Morgan fingerprint density at radius 2 is 1.81 bits per heavy atom. The lowest BCUT2D eigenvalue weighted by Gasteiger charge is -2.17. The van der Waals surface area contributed by atoms with Crippen molar-refractivity contribution in [2.24, 2.45) is 0 Å². The molecule has 1 aliphatic rings. The highest BCUT2D eigenvalue weighted by atomic mass is 14.9. The third-order valence-corrected chi connectivity index (χ3v) is 3.44. The van der Waals surface area contributed by atoms with Crippen molar-refractivity contribution < 1.29 is 0 Å². The lowest BCUT2D eigenvalue weighted by molar-refractivity contribution is 0.498. The van der Waals surface area contributed by atoms with Gasteiger partial charge < -0.3 is 5.32 Å². The van der Waals surface area contributed by atoms with Crippen LogP contribution in [-0.2, 0) is 0 Å². The molecule has 0 heterocycles. The summed E-state index contributed by atoms with van der Waals surface area (Å²) < 4.78 is 0. The SMILES string of the molecule is CCCCCCCCCN[C@@H]1C=CCCC1. The molecule has 0 aliphatic heterocycles. The smallest absolute Gasteiger partial charge is 0.0250 e. The van der Waals surface area contributed by atoms with E-state index in [0.29, 0.717) is 6.04 Å². The predicted octanol–water partition coefficient (Wildman–Crippen LogP) is 4.44. The Morgan fingerprint density at radius 1 is 1.06 bits per heavy atom. The van der Waals surface area contributed by atoms with E-state index >= 15 is 0 Å². The zero-order chi connectivity index (χ0) is 11.5. The minimum atomic E-state index is 0.675. The van der Waals surface area contributed by atoms with Gasteiger partial charge in [-0.25, -0.2) is 0 Å². The summed E-state index contributed by atoms with van der Waals surface area (Å²) in [7, 11) is 0. The summed E-state index contributed by atoms with van der Waals surface area (Å²) >= 11 is 0. The molecule has 1 aliphatic carbocycles. The second-order valence-electron chi connectivity index (χ2n) is 5.04. The first kappa shape index (κ1) is 13.8. The summed E-state index contributed by atoms with van der Waals surface area (Å²) in [6, 6.07) is 0.675. The standard InChI is InChI=1S/C15H29N/c1-2-3-4-5-6-7-11-14-16-15-12-9-8-10-13-15/h9,12,15-16H,2-8,10-11,13-14H2,1H3/t15-/m1/s1. The van der Waals surface area contributed by atoms with E-state index in [2.05, 4.69) is 24.4 Å². The Bertz CT molecular complexity index is 174. The number of allylic oxidation sites excluding steroid dienone is 1. The van der Waals surface area contributed by atoms with Gasteiger partial charge in [-0.2, -0.15) is 0 Å². The average Bonchev–Trinajstić information content (AvgIpc) is 2.34. The maximum absolute atomic E-state index is 3.64. The van der Waals surface area contributed by atoms with Gasteiger partial charge in [0, 0.05) is 6.04 Å². The van der Waals surface area contributed by atoms with Crippen molar-refractivity contribution in [2.75, 3.05) is 6.54 Å². The van der Waals surface area contributed by atoms with Crippen LogP contribution < -0.4 is 5.32 Å². The van der Waals surface area contributed by atoms with Crippen LogP contribution in [0.2, 0.25) is 0 Å². The van der Waals surface area contributed by atoms with Crippen molar-refractivity contribution >= 4 is 0 Å². The molecule has 1 rings (SSSR count). The summed E-state index contributed by atoms with van der Waals surface area (Å²) in [5.74, 6) is 0. The highest BCUT2D eigenvalue weighted by Gasteiger charge is 2.05. The molecular weight excluding hydrogens is 194 g/mol. The van der Waals surface area contributed by atoms with Gasteiger partial charge in [0.15, 0.2) is 0 Å². The van der Waals surface area contributed by atoms with Crippen LogP contribution in [0.3, 0.4) is 0 Å². The Morgan fingerprint density at radius 3 is 2.50 bits per heavy atom. The minimum Gasteiger partial charge on any atom is -0.311 e. The molecule has 0 spiro atoms. The molecular formula is C15H29N. The van der Waals surface area contributed by atoms with E-state index in [0.717, 1.165) is 0 Å². The second kappa shape index (κ2) is 9.89. The highest BCUT2D eigenvalue weighted by molar-refractivity contribution is 4.97. The quantitative estimate of drug-likeness (QED) is 0.450. The van der Waals surface area contributed by atoms with Crippen molar-refractivity contribution in [3.05, 3.63) is 12.2 Å². The van der Waals surface area contributed by atoms with Gasteiger partial charge in [-0.15, -0.1) is 0 Å². The molecule has 94 valence electrons. The Labute approximate surface area is 102 Å². The van der Waals surface area contributed by atoms with Crippen LogP contribution in [0.15, 0.2) is 12.2 Å². The van der Waals surface area contributed by atoms with Crippen molar-refractivity contribution in [3.63, 3.8) is 0 Å². The normalized spacial score (nSPS) is 20.2. The third-order valence-electron chi connectivity index (χ3n) is 3.44.